The Hall–Kier alpha value is -2.28. The molecule has 112 valence electrons. The zero-order chi connectivity index (χ0) is 15.4. The van der Waals surface area contributed by atoms with Crippen molar-refractivity contribution in [1.82, 2.24) is 10.6 Å². The van der Waals surface area contributed by atoms with E-state index >= 15 is 0 Å². The van der Waals surface area contributed by atoms with Crippen molar-refractivity contribution in [2.75, 3.05) is 6.61 Å². The van der Waals surface area contributed by atoms with Crippen molar-refractivity contribution in [1.29, 1.82) is 0 Å². The van der Waals surface area contributed by atoms with Crippen molar-refractivity contribution < 1.29 is 24.2 Å². The maximum Gasteiger partial charge on any atom is 0.342 e. The predicted molar refractivity (Wildman–Crippen MR) is 73.1 cm³/mol. The van der Waals surface area contributed by atoms with E-state index in [4.69, 9.17) is 16.3 Å². The number of benzene rings is 1. The van der Waals surface area contributed by atoms with Gasteiger partial charge in [-0.3, -0.25) is 10.1 Å². The van der Waals surface area contributed by atoms with Gasteiger partial charge in [0.25, 0.3) is 5.91 Å². The number of carbonyl (C=O) groups excluding carboxylic acids is 3. The summed E-state index contributed by atoms with van der Waals surface area (Å²) in [4.78, 5) is 34.3. The fourth-order valence-corrected chi connectivity index (χ4v) is 1.66. The number of phenolic OH excluding ortho intramolecular Hbond substituents is 1. The standard InChI is InChI=1S/C13H13ClN2O5/c14-7-1-4-9(10(17)5-7)12(19)21-6-11(18)16-13(20)15-8-2-3-8/h1,4-5,8,17H,2-3,6H2,(H2,15,16,18,20). The van der Waals surface area contributed by atoms with Crippen LogP contribution in [0.1, 0.15) is 23.2 Å². The first-order valence-electron chi connectivity index (χ1n) is 6.21. The first-order chi connectivity index (χ1) is 9.95. The van der Waals surface area contributed by atoms with Gasteiger partial charge in [0.1, 0.15) is 11.3 Å². The molecule has 0 spiro atoms. The van der Waals surface area contributed by atoms with Crippen molar-refractivity contribution >= 4 is 29.5 Å². The Morgan fingerprint density at radius 3 is 2.67 bits per heavy atom. The Balaban J connectivity index is 1.79. The summed E-state index contributed by atoms with van der Waals surface area (Å²) in [6.07, 6.45) is 1.79. The third kappa shape index (κ3) is 4.64. The Morgan fingerprint density at radius 2 is 2.05 bits per heavy atom. The number of hydrogen-bond donors (Lipinski definition) is 3. The Kier molecular flexibility index (Phi) is 4.64. The quantitative estimate of drug-likeness (QED) is 0.724. The van der Waals surface area contributed by atoms with E-state index in [-0.39, 0.29) is 22.4 Å². The number of nitrogens with one attached hydrogen (secondary N) is 2. The van der Waals surface area contributed by atoms with Gasteiger partial charge in [-0.25, -0.2) is 9.59 Å². The van der Waals surface area contributed by atoms with Crippen molar-refractivity contribution in [3.63, 3.8) is 0 Å². The van der Waals surface area contributed by atoms with E-state index in [0.717, 1.165) is 12.8 Å². The minimum absolute atomic E-state index is 0.116. The molecule has 1 aromatic rings. The van der Waals surface area contributed by atoms with Gasteiger partial charge in [0.05, 0.1) is 0 Å². The molecule has 0 radical (unpaired) electrons. The summed E-state index contributed by atoms with van der Waals surface area (Å²) in [5.41, 5.74) is -0.116. The summed E-state index contributed by atoms with van der Waals surface area (Å²) < 4.78 is 4.70. The molecule has 1 aliphatic rings. The number of amides is 3. The summed E-state index contributed by atoms with van der Waals surface area (Å²) in [7, 11) is 0. The molecule has 1 aliphatic carbocycles. The van der Waals surface area contributed by atoms with E-state index in [1.165, 1.54) is 18.2 Å². The fraction of sp³-hybridized carbons (Fsp3) is 0.308. The zero-order valence-corrected chi connectivity index (χ0v) is 11.6. The largest absolute Gasteiger partial charge is 0.507 e. The molecule has 0 aliphatic heterocycles. The highest BCUT2D eigenvalue weighted by Crippen LogP contribution is 2.22. The molecule has 0 unspecified atom stereocenters. The number of urea groups is 1. The second kappa shape index (κ2) is 6.45. The molecule has 0 bridgehead atoms. The van der Waals surface area contributed by atoms with Crippen LogP contribution in [0.4, 0.5) is 4.79 Å². The minimum atomic E-state index is -0.887. The molecule has 7 nitrogen and oxygen atoms in total. The van der Waals surface area contributed by atoms with Gasteiger partial charge in [-0.15, -0.1) is 0 Å². The molecule has 3 amide bonds. The van der Waals surface area contributed by atoms with Gasteiger partial charge < -0.3 is 15.2 Å². The Bertz CT molecular complexity index is 586. The van der Waals surface area contributed by atoms with Gasteiger partial charge in [0.15, 0.2) is 6.61 Å². The van der Waals surface area contributed by atoms with Crippen LogP contribution < -0.4 is 10.6 Å². The lowest BCUT2D eigenvalue weighted by molar-refractivity contribution is -0.123. The summed E-state index contributed by atoms with van der Waals surface area (Å²) in [5, 5.41) is 14.4. The highest BCUT2D eigenvalue weighted by atomic mass is 35.5. The minimum Gasteiger partial charge on any atom is -0.507 e. The normalized spacial score (nSPS) is 13.4. The molecule has 0 heterocycles. The fourth-order valence-electron chi connectivity index (χ4n) is 1.50. The monoisotopic (exact) mass is 312 g/mol. The highest BCUT2D eigenvalue weighted by Gasteiger charge is 2.24. The van der Waals surface area contributed by atoms with Gasteiger partial charge in [0, 0.05) is 11.1 Å². The van der Waals surface area contributed by atoms with Crippen LogP contribution in [0.3, 0.4) is 0 Å². The lowest BCUT2D eigenvalue weighted by atomic mass is 10.2. The number of rotatable bonds is 4. The first kappa shape index (κ1) is 15.1. The number of hydrogen-bond acceptors (Lipinski definition) is 5. The molecule has 0 saturated heterocycles. The number of aromatic hydroxyl groups is 1. The summed E-state index contributed by atoms with van der Waals surface area (Å²) in [5.74, 6) is -1.99. The Morgan fingerprint density at radius 1 is 1.33 bits per heavy atom. The van der Waals surface area contributed by atoms with Gasteiger partial charge in [-0.05, 0) is 31.0 Å². The maximum atomic E-state index is 11.6. The van der Waals surface area contributed by atoms with Crippen LogP contribution in [0.25, 0.3) is 0 Å². The van der Waals surface area contributed by atoms with Crippen molar-refractivity contribution in [2.45, 2.75) is 18.9 Å². The number of phenols is 1. The molecule has 1 fully saturated rings. The summed E-state index contributed by atoms with van der Waals surface area (Å²) in [6.45, 7) is -0.626. The van der Waals surface area contributed by atoms with E-state index in [1.807, 2.05) is 5.32 Å². The van der Waals surface area contributed by atoms with Gasteiger partial charge in [-0.1, -0.05) is 11.6 Å². The molecular weight excluding hydrogens is 300 g/mol. The topological polar surface area (TPSA) is 105 Å². The molecule has 3 N–H and O–H groups in total. The smallest absolute Gasteiger partial charge is 0.342 e. The molecule has 8 heteroatoms. The number of carbonyl (C=O) groups is 3. The van der Waals surface area contributed by atoms with Gasteiger partial charge in [0.2, 0.25) is 0 Å². The molecular formula is C13H13ClN2O5. The average molecular weight is 313 g/mol. The Labute approximate surface area is 125 Å². The highest BCUT2D eigenvalue weighted by molar-refractivity contribution is 6.30. The van der Waals surface area contributed by atoms with Crippen molar-refractivity contribution in [2.24, 2.45) is 0 Å². The summed E-state index contributed by atoms with van der Waals surface area (Å²) in [6, 6.07) is 3.36. The molecule has 1 aromatic carbocycles. The van der Waals surface area contributed by atoms with Crippen molar-refractivity contribution in [3.05, 3.63) is 28.8 Å². The van der Waals surface area contributed by atoms with Crippen LogP contribution in [-0.2, 0) is 9.53 Å². The third-order valence-corrected chi connectivity index (χ3v) is 2.91. The number of esters is 1. The zero-order valence-electron chi connectivity index (χ0n) is 10.9. The van der Waals surface area contributed by atoms with E-state index in [0.29, 0.717) is 0 Å². The second-order valence-corrected chi connectivity index (χ2v) is 4.97. The number of imide groups is 1. The lowest BCUT2D eigenvalue weighted by Gasteiger charge is -2.07. The molecule has 0 atom stereocenters. The van der Waals surface area contributed by atoms with Crippen LogP contribution >= 0.6 is 11.6 Å². The van der Waals surface area contributed by atoms with E-state index < -0.39 is 24.5 Å². The SMILES string of the molecule is O=C(COC(=O)c1ccc(Cl)cc1O)NC(=O)NC1CC1. The van der Waals surface area contributed by atoms with E-state index in [2.05, 4.69) is 5.32 Å². The van der Waals surface area contributed by atoms with Crippen LogP contribution in [-0.4, -0.2) is 35.7 Å². The van der Waals surface area contributed by atoms with E-state index in [9.17, 15) is 19.5 Å². The number of halogens is 1. The first-order valence-corrected chi connectivity index (χ1v) is 6.59. The van der Waals surface area contributed by atoms with Crippen molar-refractivity contribution in [3.8, 4) is 5.75 Å². The molecule has 1 saturated carbocycles. The van der Waals surface area contributed by atoms with Crippen LogP contribution in [0, 0.1) is 0 Å². The molecule has 21 heavy (non-hydrogen) atoms. The maximum absolute atomic E-state index is 11.6. The van der Waals surface area contributed by atoms with Gasteiger partial charge >= 0.3 is 12.0 Å². The summed E-state index contributed by atoms with van der Waals surface area (Å²) >= 11 is 5.63. The van der Waals surface area contributed by atoms with Gasteiger partial charge in [-0.2, -0.15) is 0 Å². The van der Waals surface area contributed by atoms with Crippen LogP contribution in [0.2, 0.25) is 5.02 Å². The molecule has 0 aromatic heterocycles. The average Bonchev–Trinajstić information content (AvgIpc) is 3.19. The second-order valence-electron chi connectivity index (χ2n) is 4.53. The third-order valence-electron chi connectivity index (χ3n) is 2.68. The van der Waals surface area contributed by atoms with E-state index in [1.54, 1.807) is 0 Å². The lowest BCUT2D eigenvalue weighted by Crippen LogP contribution is -2.42. The predicted octanol–water partition coefficient (Wildman–Crippen LogP) is 1.19. The number of ether oxygens (including phenoxy) is 1. The molecule has 2 rings (SSSR count). The van der Waals surface area contributed by atoms with Crippen LogP contribution in [0.5, 0.6) is 5.75 Å². The van der Waals surface area contributed by atoms with Crippen LogP contribution in [0.15, 0.2) is 18.2 Å².